The number of aryl methyl sites for hydroxylation is 1. The van der Waals surface area contributed by atoms with Gasteiger partial charge in [-0.3, -0.25) is 0 Å². The summed E-state index contributed by atoms with van der Waals surface area (Å²) in [5.74, 6) is 1.50. The molecule has 2 saturated heterocycles. The lowest BCUT2D eigenvalue weighted by Gasteiger charge is -2.43. The third kappa shape index (κ3) is 4.47. The molecule has 0 saturated carbocycles. The van der Waals surface area contributed by atoms with Crippen LogP contribution in [0, 0.1) is 17.2 Å². The van der Waals surface area contributed by atoms with Gasteiger partial charge in [0.05, 0.1) is 11.8 Å². The number of anilines is 1. The number of fused-ring (bicyclic) bond motifs is 3. The molecule has 3 heterocycles. The standard InChI is InChI=1S/C30H39N5O/c1-34-17-6-10-24(34)21-36-29-32-27-19-30(14-4-9-23-8-2-3-11-26(23)30)15-12-25(27)28(33-29)35-18-5-7-22(20-35)13-16-31/h2-3,8,11,22,24H,4-7,9-10,12-15,17-21H2,1H3/t22-,24?,30?/m0/s1. The van der Waals surface area contributed by atoms with Gasteiger partial charge in [0.25, 0.3) is 0 Å². The predicted octanol–water partition coefficient (Wildman–Crippen LogP) is 4.84. The Morgan fingerprint density at radius 1 is 1.08 bits per heavy atom. The highest BCUT2D eigenvalue weighted by atomic mass is 16.5. The molecule has 36 heavy (non-hydrogen) atoms. The SMILES string of the molecule is CN1CCCC1COc1nc2c(c(N3CCC[C@@H](CC#N)C3)n1)CCC1(CCCc3ccccc31)C2. The van der Waals surface area contributed by atoms with Gasteiger partial charge in [-0.2, -0.15) is 15.2 Å². The van der Waals surface area contributed by atoms with Crippen molar-refractivity contribution in [2.45, 2.75) is 82.1 Å². The fourth-order valence-electron chi connectivity index (χ4n) is 7.36. The number of hydrogen-bond donors (Lipinski definition) is 0. The Morgan fingerprint density at radius 3 is 2.83 bits per heavy atom. The first-order valence-corrected chi connectivity index (χ1v) is 14.1. The first kappa shape index (κ1) is 23.7. The second kappa shape index (κ2) is 10.0. The molecule has 0 amide bonds. The fraction of sp³-hybridized carbons (Fsp3) is 0.633. The smallest absolute Gasteiger partial charge is 0.318 e. The summed E-state index contributed by atoms with van der Waals surface area (Å²) < 4.78 is 6.33. The number of nitriles is 1. The summed E-state index contributed by atoms with van der Waals surface area (Å²) in [6.45, 7) is 3.71. The average molecular weight is 486 g/mol. The van der Waals surface area contributed by atoms with Crippen molar-refractivity contribution in [1.82, 2.24) is 14.9 Å². The number of hydrogen-bond acceptors (Lipinski definition) is 6. The quantitative estimate of drug-likeness (QED) is 0.604. The van der Waals surface area contributed by atoms with E-state index >= 15 is 0 Å². The monoisotopic (exact) mass is 485 g/mol. The van der Waals surface area contributed by atoms with Crippen molar-refractivity contribution in [1.29, 1.82) is 5.26 Å². The van der Waals surface area contributed by atoms with Crippen molar-refractivity contribution >= 4 is 5.82 Å². The zero-order valence-electron chi connectivity index (χ0n) is 21.7. The Kier molecular flexibility index (Phi) is 6.60. The molecule has 0 radical (unpaired) electrons. The van der Waals surface area contributed by atoms with Crippen LogP contribution >= 0.6 is 0 Å². The molecule has 0 N–H and O–H groups in total. The van der Waals surface area contributed by atoms with Crippen molar-refractivity contribution in [2.24, 2.45) is 5.92 Å². The number of likely N-dealkylation sites (N-methyl/N-ethyl adjacent to an activating group) is 1. The maximum absolute atomic E-state index is 9.31. The van der Waals surface area contributed by atoms with Crippen LogP contribution in [0.25, 0.3) is 0 Å². The van der Waals surface area contributed by atoms with E-state index in [1.807, 2.05) is 0 Å². The average Bonchev–Trinajstić information content (AvgIpc) is 3.32. The second-order valence-corrected chi connectivity index (χ2v) is 11.6. The van der Waals surface area contributed by atoms with Crippen LogP contribution in [0.15, 0.2) is 24.3 Å². The molecule has 6 heteroatoms. The topological polar surface area (TPSA) is 65.3 Å². The molecule has 6 rings (SSSR count). The summed E-state index contributed by atoms with van der Waals surface area (Å²) >= 11 is 0. The first-order valence-electron chi connectivity index (χ1n) is 14.1. The van der Waals surface area contributed by atoms with Crippen molar-refractivity contribution in [2.75, 3.05) is 38.2 Å². The minimum atomic E-state index is 0.182. The summed E-state index contributed by atoms with van der Waals surface area (Å²) in [7, 11) is 2.19. The van der Waals surface area contributed by atoms with E-state index in [2.05, 4.69) is 47.2 Å². The van der Waals surface area contributed by atoms with Crippen LogP contribution < -0.4 is 9.64 Å². The molecule has 2 fully saturated rings. The molecule has 1 aromatic carbocycles. The van der Waals surface area contributed by atoms with Crippen molar-refractivity contribution in [3.8, 4) is 12.1 Å². The van der Waals surface area contributed by atoms with Gasteiger partial charge in [0.2, 0.25) is 0 Å². The molecule has 1 aromatic heterocycles. The van der Waals surface area contributed by atoms with Crippen LogP contribution in [0.1, 0.15) is 73.8 Å². The Balaban J connectivity index is 1.34. The first-order chi connectivity index (χ1) is 17.6. The highest BCUT2D eigenvalue weighted by Gasteiger charge is 2.41. The van der Waals surface area contributed by atoms with E-state index in [0.717, 1.165) is 57.6 Å². The van der Waals surface area contributed by atoms with Crippen LogP contribution in [0.4, 0.5) is 5.82 Å². The second-order valence-electron chi connectivity index (χ2n) is 11.6. The molecule has 0 bridgehead atoms. The Morgan fingerprint density at radius 2 is 1.97 bits per heavy atom. The van der Waals surface area contributed by atoms with Gasteiger partial charge in [-0.1, -0.05) is 24.3 Å². The molecule has 2 aliphatic carbocycles. The van der Waals surface area contributed by atoms with E-state index < -0.39 is 0 Å². The zero-order chi connectivity index (χ0) is 24.5. The summed E-state index contributed by atoms with van der Waals surface area (Å²) in [4.78, 5) is 15.0. The molecule has 3 atom stereocenters. The number of benzene rings is 1. The highest BCUT2D eigenvalue weighted by Crippen LogP contribution is 2.47. The zero-order valence-corrected chi connectivity index (χ0v) is 21.7. The predicted molar refractivity (Wildman–Crippen MR) is 141 cm³/mol. The molecule has 2 aromatic rings. The van der Waals surface area contributed by atoms with Gasteiger partial charge in [-0.25, -0.2) is 0 Å². The fourth-order valence-corrected chi connectivity index (χ4v) is 7.36. The van der Waals surface area contributed by atoms with Gasteiger partial charge in [0.15, 0.2) is 0 Å². The lowest BCUT2D eigenvalue weighted by atomic mass is 9.62. The van der Waals surface area contributed by atoms with Crippen molar-refractivity contribution in [3.63, 3.8) is 0 Å². The van der Waals surface area contributed by atoms with Crippen molar-refractivity contribution in [3.05, 3.63) is 46.6 Å². The van der Waals surface area contributed by atoms with Crippen LogP contribution in [0.5, 0.6) is 6.01 Å². The molecule has 190 valence electrons. The van der Waals surface area contributed by atoms with E-state index in [1.54, 1.807) is 5.56 Å². The summed E-state index contributed by atoms with van der Waals surface area (Å²) in [6.07, 6.45) is 12.1. The number of likely N-dealkylation sites (tertiary alicyclic amines) is 1. The normalized spacial score (nSPS) is 27.9. The summed E-state index contributed by atoms with van der Waals surface area (Å²) in [5.41, 5.74) is 5.77. The highest BCUT2D eigenvalue weighted by molar-refractivity contribution is 5.53. The van der Waals surface area contributed by atoms with E-state index in [4.69, 9.17) is 14.7 Å². The van der Waals surface area contributed by atoms with E-state index in [9.17, 15) is 5.26 Å². The lowest BCUT2D eigenvalue weighted by molar-refractivity contribution is 0.186. The summed E-state index contributed by atoms with van der Waals surface area (Å²) in [6, 6.07) is 12.5. The van der Waals surface area contributed by atoms with E-state index in [-0.39, 0.29) is 5.41 Å². The van der Waals surface area contributed by atoms with Gasteiger partial charge in [-0.05, 0) is 94.8 Å². The molecule has 2 aliphatic heterocycles. The Bertz CT molecular complexity index is 1140. The minimum Gasteiger partial charge on any atom is -0.462 e. The number of piperidine rings is 1. The summed E-state index contributed by atoms with van der Waals surface area (Å²) in [5, 5.41) is 9.31. The molecular formula is C30H39N5O. The van der Waals surface area contributed by atoms with Crippen LogP contribution in [0.2, 0.25) is 0 Å². The van der Waals surface area contributed by atoms with Crippen LogP contribution in [0.3, 0.4) is 0 Å². The van der Waals surface area contributed by atoms with Gasteiger partial charge in [0.1, 0.15) is 12.4 Å². The van der Waals surface area contributed by atoms with Crippen molar-refractivity contribution < 1.29 is 4.74 Å². The maximum Gasteiger partial charge on any atom is 0.318 e. The number of ether oxygens (including phenoxy) is 1. The van der Waals surface area contributed by atoms with E-state index in [0.29, 0.717) is 31.0 Å². The van der Waals surface area contributed by atoms with Gasteiger partial charge >= 0.3 is 6.01 Å². The number of nitrogens with zero attached hydrogens (tertiary/aromatic N) is 5. The number of aromatic nitrogens is 2. The number of rotatable bonds is 5. The molecule has 1 spiro atoms. The third-order valence-corrected chi connectivity index (χ3v) is 9.37. The van der Waals surface area contributed by atoms with Gasteiger partial charge in [0, 0.05) is 36.5 Å². The largest absolute Gasteiger partial charge is 0.462 e. The molecule has 6 nitrogen and oxygen atoms in total. The van der Waals surface area contributed by atoms with Crippen LogP contribution in [-0.2, 0) is 24.7 Å². The Labute approximate surface area is 215 Å². The van der Waals surface area contributed by atoms with Gasteiger partial charge < -0.3 is 14.5 Å². The maximum atomic E-state index is 9.31. The Hall–Kier alpha value is -2.65. The molecule has 2 unspecified atom stereocenters. The molecule has 4 aliphatic rings. The van der Waals surface area contributed by atoms with Crippen LogP contribution in [-0.4, -0.2) is 54.2 Å². The minimum absolute atomic E-state index is 0.182. The molecular weight excluding hydrogens is 446 g/mol. The van der Waals surface area contributed by atoms with E-state index in [1.165, 1.54) is 48.9 Å². The lowest BCUT2D eigenvalue weighted by Crippen LogP contribution is -2.40. The third-order valence-electron chi connectivity index (χ3n) is 9.37. The van der Waals surface area contributed by atoms with Gasteiger partial charge in [-0.15, -0.1) is 0 Å².